The number of piperidine rings is 1. The molecule has 2 aromatic carbocycles. The molecule has 0 aromatic heterocycles. The van der Waals surface area contributed by atoms with Gasteiger partial charge in [-0.1, -0.05) is 42.5 Å². The summed E-state index contributed by atoms with van der Waals surface area (Å²) in [6.45, 7) is 2.54. The minimum Gasteiger partial charge on any atom is -0.486 e. The second-order valence-corrected chi connectivity index (χ2v) is 8.39. The van der Waals surface area contributed by atoms with Crippen LogP contribution in [0.5, 0.6) is 11.5 Å². The van der Waals surface area contributed by atoms with Crippen molar-refractivity contribution in [3.8, 4) is 11.5 Å². The number of fused-ring (bicyclic) bond motifs is 1. The molecule has 166 valence electrons. The molecule has 8 nitrogen and oxygen atoms in total. The molecule has 0 saturated carbocycles. The lowest BCUT2D eigenvalue weighted by Gasteiger charge is -2.38. The highest BCUT2D eigenvalue weighted by Gasteiger charge is 2.48. The first kappa shape index (κ1) is 20.5. The monoisotopic (exact) mass is 435 g/mol. The summed E-state index contributed by atoms with van der Waals surface area (Å²) in [4.78, 5) is 42.6. The molecule has 2 saturated heterocycles. The summed E-state index contributed by atoms with van der Waals surface area (Å²) in [5.74, 6) is -0.0181. The van der Waals surface area contributed by atoms with Gasteiger partial charge in [-0.3, -0.25) is 24.3 Å². The molecule has 2 unspecified atom stereocenters. The number of ether oxygens (including phenoxy) is 2. The smallest absolute Gasteiger partial charge is 0.334 e. The lowest BCUT2D eigenvalue weighted by atomic mass is 10.0. The number of rotatable bonds is 5. The van der Waals surface area contributed by atoms with Crippen LogP contribution in [0.25, 0.3) is 0 Å². The van der Waals surface area contributed by atoms with E-state index in [4.69, 9.17) is 9.47 Å². The fourth-order valence-electron chi connectivity index (χ4n) is 4.60. The van der Waals surface area contributed by atoms with Gasteiger partial charge in [-0.2, -0.15) is 0 Å². The largest absolute Gasteiger partial charge is 0.486 e. The summed E-state index contributed by atoms with van der Waals surface area (Å²) in [5.41, 5.74) is 0.809. The van der Waals surface area contributed by atoms with Gasteiger partial charge in [-0.15, -0.1) is 0 Å². The van der Waals surface area contributed by atoms with Gasteiger partial charge in [0, 0.05) is 13.1 Å². The van der Waals surface area contributed by atoms with E-state index in [0.29, 0.717) is 26.1 Å². The zero-order chi connectivity index (χ0) is 22.1. The van der Waals surface area contributed by atoms with Gasteiger partial charge in [0.05, 0.1) is 12.6 Å². The fourth-order valence-corrected chi connectivity index (χ4v) is 4.60. The molecule has 5 rings (SSSR count). The van der Waals surface area contributed by atoms with Gasteiger partial charge in [-0.25, -0.2) is 4.79 Å². The Morgan fingerprint density at radius 1 is 0.906 bits per heavy atom. The van der Waals surface area contributed by atoms with Gasteiger partial charge in [0.15, 0.2) is 11.5 Å². The molecule has 3 heterocycles. The number of benzene rings is 2. The third-order valence-corrected chi connectivity index (χ3v) is 6.14. The van der Waals surface area contributed by atoms with E-state index in [9.17, 15) is 14.4 Å². The van der Waals surface area contributed by atoms with Gasteiger partial charge >= 0.3 is 17.8 Å². The van der Waals surface area contributed by atoms with Crippen molar-refractivity contribution >= 4 is 17.8 Å². The molecule has 0 bridgehead atoms. The van der Waals surface area contributed by atoms with Crippen LogP contribution in [-0.4, -0.2) is 70.9 Å². The van der Waals surface area contributed by atoms with Gasteiger partial charge in [-0.05, 0) is 37.1 Å². The zero-order valence-corrected chi connectivity index (χ0v) is 17.7. The molecule has 2 aromatic rings. The SMILES string of the molecule is O=C1C(=O)N(C2CCCN(CC3COc4ccccc4O3)C2)C(=O)N1Cc1ccccc1. The summed E-state index contributed by atoms with van der Waals surface area (Å²) in [6.07, 6.45) is 1.38. The highest BCUT2D eigenvalue weighted by molar-refractivity contribution is 6.44. The third kappa shape index (κ3) is 3.93. The first-order valence-corrected chi connectivity index (χ1v) is 10.9. The van der Waals surface area contributed by atoms with Crippen molar-refractivity contribution in [1.82, 2.24) is 14.7 Å². The summed E-state index contributed by atoms with van der Waals surface area (Å²) >= 11 is 0. The van der Waals surface area contributed by atoms with Crippen molar-refractivity contribution in [2.24, 2.45) is 0 Å². The average molecular weight is 435 g/mol. The molecule has 4 amide bonds. The molecule has 3 aliphatic heterocycles. The first-order chi connectivity index (χ1) is 15.6. The molecule has 0 radical (unpaired) electrons. The zero-order valence-electron chi connectivity index (χ0n) is 17.7. The maximum Gasteiger partial charge on any atom is 0.334 e. The van der Waals surface area contributed by atoms with E-state index in [-0.39, 0.29) is 18.7 Å². The predicted molar refractivity (Wildman–Crippen MR) is 115 cm³/mol. The van der Waals surface area contributed by atoms with Gasteiger partial charge in [0.2, 0.25) is 0 Å². The van der Waals surface area contributed by atoms with Crippen LogP contribution < -0.4 is 9.47 Å². The molecule has 8 heteroatoms. The van der Waals surface area contributed by atoms with Crippen molar-refractivity contribution in [2.45, 2.75) is 31.5 Å². The Labute approximate surface area is 186 Å². The van der Waals surface area contributed by atoms with Gasteiger partial charge < -0.3 is 9.47 Å². The second kappa shape index (κ2) is 8.63. The molecule has 0 spiro atoms. The molecule has 3 aliphatic rings. The number of carbonyl (C=O) groups is 3. The Morgan fingerprint density at radius 2 is 1.66 bits per heavy atom. The number of imide groups is 2. The lowest BCUT2D eigenvalue weighted by Crippen LogP contribution is -2.53. The second-order valence-electron chi connectivity index (χ2n) is 8.39. The molecule has 0 N–H and O–H groups in total. The maximum atomic E-state index is 13.0. The quantitative estimate of drug-likeness (QED) is 0.530. The van der Waals surface area contributed by atoms with Gasteiger partial charge in [0.1, 0.15) is 12.7 Å². The van der Waals surface area contributed by atoms with Crippen LogP contribution in [0.1, 0.15) is 18.4 Å². The highest BCUT2D eigenvalue weighted by Crippen LogP contribution is 2.31. The van der Waals surface area contributed by atoms with Crippen LogP contribution in [0.15, 0.2) is 54.6 Å². The van der Waals surface area contributed by atoms with Crippen LogP contribution in [-0.2, 0) is 16.1 Å². The van der Waals surface area contributed by atoms with Crippen LogP contribution in [0.2, 0.25) is 0 Å². The highest BCUT2D eigenvalue weighted by atomic mass is 16.6. The molecule has 2 atom stereocenters. The Bertz CT molecular complexity index is 1030. The van der Waals surface area contributed by atoms with Gasteiger partial charge in [0.25, 0.3) is 0 Å². The van der Waals surface area contributed by atoms with Crippen LogP contribution >= 0.6 is 0 Å². The van der Waals surface area contributed by atoms with E-state index in [1.165, 1.54) is 0 Å². The topological polar surface area (TPSA) is 79.4 Å². The average Bonchev–Trinajstić information content (AvgIpc) is 3.03. The third-order valence-electron chi connectivity index (χ3n) is 6.14. The molecule has 32 heavy (non-hydrogen) atoms. The summed E-state index contributed by atoms with van der Waals surface area (Å²) in [5, 5.41) is 0. The minimum absolute atomic E-state index is 0.101. The Kier molecular flexibility index (Phi) is 5.53. The molecule has 0 aliphatic carbocycles. The Balaban J connectivity index is 1.23. The van der Waals surface area contributed by atoms with Crippen molar-refractivity contribution < 1.29 is 23.9 Å². The van der Waals surface area contributed by atoms with E-state index < -0.39 is 17.8 Å². The van der Waals surface area contributed by atoms with Crippen molar-refractivity contribution in [1.29, 1.82) is 0 Å². The van der Waals surface area contributed by atoms with Crippen molar-refractivity contribution in [2.75, 3.05) is 26.2 Å². The van der Waals surface area contributed by atoms with Crippen molar-refractivity contribution in [3.63, 3.8) is 0 Å². The predicted octanol–water partition coefficient (Wildman–Crippen LogP) is 2.28. The van der Waals surface area contributed by atoms with E-state index >= 15 is 0 Å². The van der Waals surface area contributed by atoms with Crippen LogP contribution in [0.4, 0.5) is 4.79 Å². The van der Waals surface area contributed by atoms with E-state index in [2.05, 4.69) is 4.90 Å². The number of para-hydroxylation sites is 2. The van der Waals surface area contributed by atoms with Crippen LogP contribution in [0, 0.1) is 0 Å². The summed E-state index contributed by atoms with van der Waals surface area (Å²) in [7, 11) is 0. The van der Waals surface area contributed by atoms with E-state index in [0.717, 1.165) is 39.8 Å². The number of carbonyl (C=O) groups excluding carboxylic acids is 3. The Morgan fingerprint density at radius 3 is 2.47 bits per heavy atom. The number of hydrogen-bond acceptors (Lipinski definition) is 6. The summed E-state index contributed by atoms with van der Waals surface area (Å²) in [6, 6.07) is 15.9. The first-order valence-electron chi connectivity index (χ1n) is 10.9. The molecular formula is C24H25N3O5. The number of likely N-dealkylation sites (tertiary alicyclic amines) is 1. The lowest BCUT2D eigenvalue weighted by molar-refractivity contribution is -0.144. The van der Waals surface area contributed by atoms with Crippen LogP contribution in [0.3, 0.4) is 0 Å². The van der Waals surface area contributed by atoms with E-state index in [1.54, 1.807) is 0 Å². The van der Waals surface area contributed by atoms with E-state index in [1.807, 2.05) is 54.6 Å². The number of nitrogens with zero attached hydrogens (tertiary/aromatic N) is 3. The maximum absolute atomic E-state index is 13.0. The number of amides is 4. The Hall–Kier alpha value is -3.39. The minimum atomic E-state index is -0.753. The number of urea groups is 1. The molecular weight excluding hydrogens is 410 g/mol. The standard InChI is InChI=1S/C24H25N3O5/c28-22-23(29)27(24(30)26(22)13-17-7-2-1-3-8-17)18-9-6-12-25(14-18)15-19-16-31-20-10-4-5-11-21(20)32-19/h1-5,7-8,10-11,18-19H,6,9,12-16H2. The van der Waals surface area contributed by atoms with Crippen molar-refractivity contribution in [3.05, 3.63) is 60.2 Å². The normalized spacial score (nSPS) is 23.7. The summed E-state index contributed by atoms with van der Waals surface area (Å²) < 4.78 is 11.9. The molecule has 2 fully saturated rings. The number of hydrogen-bond donors (Lipinski definition) is 0. The fraction of sp³-hybridized carbons (Fsp3) is 0.375.